The monoisotopic (exact) mass is 462 g/mol. The molecule has 2 saturated heterocycles. The number of benzene rings is 1. The first-order chi connectivity index (χ1) is 14.9. The van der Waals surface area contributed by atoms with Crippen LogP contribution in [0.4, 0.5) is 0 Å². The number of rotatable bonds is 5. The maximum Gasteiger partial charge on any atom is 0.265 e. The lowest BCUT2D eigenvalue weighted by Crippen LogP contribution is -2.42. The molecule has 0 bridgehead atoms. The predicted octanol–water partition coefficient (Wildman–Crippen LogP) is 2.81. The van der Waals surface area contributed by atoms with E-state index in [-0.39, 0.29) is 27.4 Å². The van der Waals surface area contributed by atoms with Gasteiger partial charge >= 0.3 is 0 Å². The summed E-state index contributed by atoms with van der Waals surface area (Å²) >= 11 is 1.15. The molecule has 2 aromatic rings. The van der Waals surface area contributed by atoms with Gasteiger partial charge in [0.05, 0.1) is 13.2 Å². The number of thiophene rings is 1. The van der Waals surface area contributed by atoms with Crippen molar-refractivity contribution in [2.45, 2.75) is 24.7 Å². The Bertz CT molecular complexity index is 1050. The van der Waals surface area contributed by atoms with Gasteiger partial charge in [0.1, 0.15) is 9.77 Å². The molecule has 4 rings (SSSR count). The van der Waals surface area contributed by atoms with Crippen molar-refractivity contribution in [2.75, 3.05) is 39.4 Å². The Balaban J connectivity index is 1.43. The summed E-state index contributed by atoms with van der Waals surface area (Å²) in [4.78, 5) is 27.9. The maximum absolute atomic E-state index is 13.1. The van der Waals surface area contributed by atoms with E-state index in [1.54, 1.807) is 10.3 Å². The molecule has 0 atom stereocenters. The van der Waals surface area contributed by atoms with Crippen molar-refractivity contribution >= 4 is 33.1 Å². The summed E-state index contributed by atoms with van der Waals surface area (Å²) < 4.78 is 32.7. The van der Waals surface area contributed by atoms with Gasteiger partial charge in [-0.15, -0.1) is 11.3 Å². The number of aryl methyl sites for hydroxylation is 1. The third-order valence-electron chi connectivity index (χ3n) is 5.90. The molecule has 3 heterocycles. The fourth-order valence-electron chi connectivity index (χ4n) is 4.02. The number of carbonyl (C=O) groups is 2. The highest BCUT2D eigenvalue weighted by Crippen LogP contribution is 2.29. The van der Waals surface area contributed by atoms with Crippen molar-refractivity contribution < 1.29 is 22.7 Å². The van der Waals surface area contributed by atoms with E-state index in [9.17, 15) is 18.0 Å². The van der Waals surface area contributed by atoms with E-state index in [0.717, 1.165) is 16.9 Å². The molecule has 1 amide bonds. The second kappa shape index (κ2) is 9.20. The number of carbonyl (C=O) groups excluding carboxylic acids is 2. The quantitative estimate of drug-likeness (QED) is 0.638. The van der Waals surface area contributed by atoms with E-state index < -0.39 is 10.0 Å². The SMILES string of the molecule is Cc1ccc(C(=O)C2CCN(C(=O)c3sccc3S(=O)(=O)N3CCOCC3)CC2)cc1. The van der Waals surface area contributed by atoms with Crippen molar-refractivity contribution in [3.8, 4) is 0 Å². The molecule has 0 N–H and O–H groups in total. The van der Waals surface area contributed by atoms with Crippen LogP contribution in [0.1, 0.15) is 38.4 Å². The number of nitrogens with zero attached hydrogens (tertiary/aromatic N) is 2. The van der Waals surface area contributed by atoms with Gasteiger partial charge in [0.15, 0.2) is 5.78 Å². The van der Waals surface area contributed by atoms with E-state index >= 15 is 0 Å². The van der Waals surface area contributed by atoms with Crippen molar-refractivity contribution in [2.24, 2.45) is 5.92 Å². The van der Waals surface area contributed by atoms with Crippen LogP contribution in [0.2, 0.25) is 0 Å². The molecule has 0 unspecified atom stereocenters. The summed E-state index contributed by atoms with van der Waals surface area (Å²) in [6.45, 7) is 4.16. The molecule has 9 heteroatoms. The molecule has 166 valence electrons. The molecular formula is C22H26N2O5S2. The number of hydrogen-bond donors (Lipinski definition) is 0. The fraction of sp³-hybridized carbons (Fsp3) is 0.455. The van der Waals surface area contributed by atoms with E-state index in [4.69, 9.17) is 4.74 Å². The molecule has 0 radical (unpaired) electrons. The molecule has 1 aromatic heterocycles. The van der Waals surface area contributed by atoms with Crippen LogP contribution in [0.5, 0.6) is 0 Å². The Morgan fingerprint density at radius 3 is 2.29 bits per heavy atom. The van der Waals surface area contributed by atoms with Crippen LogP contribution < -0.4 is 0 Å². The van der Waals surface area contributed by atoms with Gasteiger partial charge in [-0.2, -0.15) is 4.31 Å². The lowest BCUT2D eigenvalue weighted by atomic mass is 9.88. The first-order valence-electron chi connectivity index (χ1n) is 10.4. The van der Waals surface area contributed by atoms with Crippen LogP contribution in [0.25, 0.3) is 0 Å². The Morgan fingerprint density at radius 2 is 1.65 bits per heavy atom. The van der Waals surface area contributed by atoms with Crippen LogP contribution >= 0.6 is 11.3 Å². The molecule has 0 saturated carbocycles. The highest BCUT2D eigenvalue weighted by atomic mass is 32.2. The summed E-state index contributed by atoms with van der Waals surface area (Å²) in [5.74, 6) is -0.284. The van der Waals surface area contributed by atoms with Gasteiger partial charge in [-0.25, -0.2) is 8.42 Å². The maximum atomic E-state index is 13.1. The number of Topliss-reactive ketones (excluding diaryl/α,β-unsaturated/α-hetero) is 1. The van der Waals surface area contributed by atoms with Gasteiger partial charge in [0.25, 0.3) is 5.91 Å². The van der Waals surface area contributed by atoms with Crippen molar-refractivity contribution in [3.05, 3.63) is 51.7 Å². The molecule has 2 aliphatic rings. The van der Waals surface area contributed by atoms with E-state index in [2.05, 4.69) is 0 Å². The van der Waals surface area contributed by atoms with E-state index in [1.165, 1.54) is 10.4 Å². The second-order valence-electron chi connectivity index (χ2n) is 7.93. The fourth-order valence-corrected chi connectivity index (χ4v) is 6.79. The summed E-state index contributed by atoms with van der Waals surface area (Å²) in [7, 11) is -3.73. The van der Waals surface area contributed by atoms with E-state index in [1.807, 2.05) is 31.2 Å². The zero-order valence-corrected chi connectivity index (χ0v) is 19.1. The average Bonchev–Trinajstić information content (AvgIpc) is 3.30. The van der Waals surface area contributed by atoms with E-state index in [0.29, 0.717) is 57.8 Å². The van der Waals surface area contributed by atoms with Crippen LogP contribution in [0.15, 0.2) is 40.6 Å². The number of sulfonamides is 1. The number of amides is 1. The molecular weight excluding hydrogens is 436 g/mol. The van der Waals surface area contributed by atoms with Crippen LogP contribution in [0.3, 0.4) is 0 Å². The minimum absolute atomic E-state index is 0.0715. The average molecular weight is 463 g/mol. The predicted molar refractivity (Wildman–Crippen MR) is 118 cm³/mol. The lowest BCUT2D eigenvalue weighted by molar-refractivity contribution is 0.0650. The summed E-state index contributed by atoms with van der Waals surface area (Å²) in [6.07, 6.45) is 1.16. The molecule has 2 aliphatic heterocycles. The molecule has 2 fully saturated rings. The van der Waals surface area contributed by atoms with Gasteiger partial charge in [-0.1, -0.05) is 29.8 Å². The largest absolute Gasteiger partial charge is 0.379 e. The van der Waals surface area contributed by atoms with Crippen molar-refractivity contribution in [3.63, 3.8) is 0 Å². The first kappa shape index (κ1) is 22.1. The Hall–Kier alpha value is -2.07. The number of piperidine rings is 1. The molecule has 7 nitrogen and oxygen atoms in total. The first-order valence-corrected chi connectivity index (χ1v) is 12.8. The second-order valence-corrected chi connectivity index (χ2v) is 10.7. The van der Waals surface area contributed by atoms with Gasteiger partial charge in [-0.3, -0.25) is 9.59 Å². The smallest absolute Gasteiger partial charge is 0.265 e. The van der Waals surface area contributed by atoms with Crippen LogP contribution in [0, 0.1) is 12.8 Å². The highest BCUT2D eigenvalue weighted by Gasteiger charge is 2.34. The Labute approximate surface area is 186 Å². The summed E-state index contributed by atoms with van der Waals surface area (Å²) in [6, 6.07) is 9.07. The third kappa shape index (κ3) is 4.59. The third-order valence-corrected chi connectivity index (χ3v) is 8.87. The van der Waals surface area contributed by atoms with Crippen molar-refractivity contribution in [1.29, 1.82) is 0 Å². The van der Waals surface area contributed by atoms with Crippen molar-refractivity contribution in [1.82, 2.24) is 9.21 Å². The topological polar surface area (TPSA) is 84.0 Å². The molecule has 0 aliphatic carbocycles. The number of ether oxygens (including phenoxy) is 1. The van der Waals surface area contributed by atoms with Crippen LogP contribution in [-0.4, -0.2) is 68.7 Å². The number of ketones is 1. The highest BCUT2D eigenvalue weighted by molar-refractivity contribution is 7.89. The number of likely N-dealkylation sites (tertiary alicyclic amines) is 1. The normalized spacial score (nSPS) is 18.8. The summed E-state index contributed by atoms with van der Waals surface area (Å²) in [5, 5.41) is 1.65. The standard InChI is InChI=1S/C22H26N2O5S2/c1-16-2-4-17(5-3-16)20(25)18-6-9-23(10-7-18)22(26)21-19(8-15-30-21)31(27,28)24-11-13-29-14-12-24/h2-5,8,15,18H,6-7,9-14H2,1H3. The zero-order chi connectivity index (χ0) is 22.0. The molecule has 31 heavy (non-hydrogen) atoms. The number of hydrogen-bond acceptors (Lipinski definition) is 6. The summed E-state index contributed by atoms with van der Waals surface area (Å²) in [5.41, 5.74) is 1.81. The Morgan fingerprint density at radius 1 is 1.00 bits per heavy atom. The Kier molecular flexibility index (Phi) is 6.57. The van der Waals surface area contributed by atoms with Gasteiger partial charge < -0.3 is 9.64 Å². The molecule has 1 aromatic carbocycles. The zero-order valence-electron chi connectivity index (χ0n) is 17.5. The van der Waals surface area contributed by atoms with Gasteiger partial charge in [0, 0.05) is 37.7 Å². The lowest BCUT2D eigenvalue weighted by Gasteiger charge is -2.31. The molecule has 0 spiro atoms. The minimum Gasteiger partial charge on any atom is -0.379 e. The number of morpholine rings is 1. The minimum atomic E-state index is -3.73. The van der Waals surface area contributed by atoms with Crippen LogP contribution in [-0.2, 0) is 14.8 Å². The van der Waals surface area contributed by atoms with Gasteiger partial charge in [-0.05, 0) is 31.2 Å². The van der Waals surface area contributed by atoms with Gasteiger partial charge in [0.2, 0.25) is 10.0 Å².